The van der Waals surface area contributed by atoms with Gasteiger partial charge in [-0.2, -0.15) is 4.98 Å². The molecule has 0 amide bonds. The van der Waals surface area contributed by atoms with Gasteiger partial charge in [-0.25, -0.2) is 4.98 Å². The number of nitrogens with zero attached hydrogens (tertiary/aromatic N) is 2. The van der Waals surface area contributed by atoms with E-state index in [9.17, 15) is 0 Å². The number of rotatable bonds is 5. The Morgan fingerprint density at radius 1 is 1.28 bits per heavy atom. The van der Waals surface area contributed by atoms with E-state index >= 15 is 0 Å². The second-order valence-electron chi connectivity index (χ2n) is 5.62. The second-order valence-corrected chi connectivity index (χ2v) is 5.62. The van der Waals surface area contributed by atoms with Crippen LogP contribution in [0, 0.1) is 12.8 Å². The van der Waals surface area contributed by atoms with Gasteiger partial charge in [0.1, 0.15) is 5.82 Å². The first-order valence-electron chi connectivity index (χ1n) is 6.99. The number of hydrogen-bond donors (Lipinski definition) is 2. The molecule has 0 radical (unpaired) electrons. The van der Waals surface area contributed by atoms with Gasteiger partial charge < -0.3 is 10.6 Å². The fourth-order valence-corrected chi connectivity index (χ4v) is 2.30. The molecule has 0 saturated heterocycles. The lowest BCUT2D eigenvalue weighted by Crippen LogP contribution is -2.17. The van der Waals surface area contributed by atoms with Gasteiger partial charge in [-0.3, -0.25) is 0 Å². The molecule has 0 atom stereocenters. The SMILES string of the molecule is Cc1cc(NC2CCCC2)nc(NCC(C)C)n1. The van der Waals surface area contributed by atoms with Crippen LogP contribution in [0.15, 0.2) is 6.07 Å². The highest BCUT2D eigenvalue weighted by Crippen LogP contribution is 2.22. The molecule has 1 aromatic heterocycles. The zero-order valence-electron chi connectivity index (χ0n) is 11.7. The van der Waals surface area contributed by atoms with E-state index in [4.69, 9.17) is 0 Å². The van der Waals surface area contributed by atoms with Gasteiger partial charge >= 0.3 is 0 Å². The summed E-state index contributed by atoms with van der Waals surface area (Å²) in [5.74, 6) is 2.30. The molecule has 0 spiro atoms. The van der Waals surface area contributed by atoms with Crippen molar-refractivity contribution in [3.63, 3.8) is 0 Å². The molecule has 2 rings (SSSR count). The number of hydrogen-bond acceptors (Lipinski definition) is 4. The van der Waals surface area contributed by atoms with Crippen molar-refractivity contribution < 1.29 is 0 Å². The van der Waals surface area contributed by atoms with Gasteiger partial charge in [0.05, 0.1) is 0 Å². The topological polar surface area (TPSA) is 49.8 Å². The number of aryl methyl sites for hydroxylation is 1. The summed E-state index contributed by atoms with van der Waals surface area (Å²) in [7, 11) is 0. The Morgan fingerprint density at radius 2 is 2.00 bits per heavy atom. The number of aromatic nitrogens is 2. The standard InChI is InChI=1S/C14H24N4/c1-10(2)9-15-14-16-11(3)8-13(18-14)17-12-6-4-5-7-12/h8,10,12H,4-7,9H2,1-3H3,(H2,15,16,17,18). The largest absolute Gasteiger partial charge is 0.367 e. The highest BCUT2D eigenvalue weighted by Gasteiger charge is 2.15. The lowest BCUT2D eigenvalue weighted by molar-refractivity contribution is 0.684. The van der Waals surface area contributed by atoms with Crippen molar-refractivity contribution in [2.24, 2.45) is 5.92 Å². The summed E-state index contributed by atoms with van der Waals surface area (Å²) >= 11 is 0. The van der Waals surface area contributed by atoms with Crippen molar-refractivity contribution in [3.8, 4) is 0 Å². The van der Waals surface area contributed by atoms with E-state index in [2.05, 4.69) is 34.4 Å². The molecule has 1 fully saturated rings. The van der Waals surface area contributed by atoms with Gasteiger partial charge in [-0.15, -0.1) is 0 Å². The predicted molar refractivity (Wildman–Crippen MR) is 76.0 cm³/mol. The van der Waals surface area contributed by atoms with Crippen LogP contribution in [-0.2, 0) is 0 Å². The number of anilines is 2. The molecule has 4 nitrogen and oxygen atoms in total. The fraction of sp³-hybridized carbons (Fsp3) is 0.714. The minimum Gasteiger partial charge on any atom is -0.367 e. The van der Waals surface area contributed by atoms with E-state index in [0.29, 0.717) is 12.0 Å². The van der Waals surface area contributed by atoms with E-state index in [1.807, 2.05) is 13.0 Å². The molecule has 0 aromatic carbocycles. The maximum atomic E-state index is 4.54. The first-order valence-corrected chi connectivity index (χ1v) is 6.99. The van der Waals surface area contributed by atoms with Gasteiger partial charge in [0.25, 0.3) is 0 Å². The molecule has 1 aromatic rings. The van der Waals surface area contributed by atoms with Crippen molar-refractivity contribution >= 4 is 11.8 Å². The van der Waals surface area contributed by atoms with Crippen LogP contribution in [0.4, 0.5) is 11.8 Å². The molecule has 0 aliphatic heterocycles. The smallest absolute Gasteiger partial charge is 0.224 e. The van der Waals surface area contributed by atoms with E-state index in [1.54, 1.807) is 0 Å². The normalized spacial score (nSPS) is 16.2. The van der Waals surface area contributed by atoms with Crippen LogP contribution in [0.2, 0.25) is 0 Å². The Kier molecular flexibility index (Phi) is 4.39. The van der Waals surface area contributed by atoms with Crippen LogP contribution in [0.1, 0.15) is 45.2 Å². The fourth-order valence-electron chi connectivity index (χ4n) is 2.30. The summed E-state index contributed by atoms with van der Waals surface area (Å²) in [5.41, 5.74) is 1.01. The van der Waals surface area contributed by atoms with Crippen molar-refractivity contribution in [1.82, 2.24) is 9.97 Å². The minimum atomic E-state index is 0.595. The summed E-state index contributed by atoms with van der Waals surface area (Å²) in [6.07, 6.45) is 5.19. The third-order valence-corrected chi connectivity index (χ3v) is 3.23. The molecule has 1 aliphatic carbocycles. The van der Waals surface area contributed by atoms with Crippen molar-refractivity contribution in [3.05, 3.63) is 11.8 Å². The molecule has 0 unspecified atom stereocenters. The summed E-state index contributed by atoms with van der Waals surface area (Å²) < 4.78 is 0. The van der Waals surface area contributed by atoms with Crippen LogP contribution >= 0.6 is 0 Å². The molecule has 4 heteroatoms. The van der Waals surface area contributed by atoms with Crippen LogP contribution in [-0.4, -0.2) is 22.6 Å². The van der Waals surface area contributed by atoms with E-state index in [0.717, 1.165) is 24.0 Å². The average Bonchev–Trinajstić information content (AvgIpc) is 2.78. The number of nitrogens with one attached hydrogen (secondary N) is 2. The quantitative estimate of drug-likeness (QED) is 0.840. The first kappa shape index (κ1) is 13.1. The molecular formula is C14H24N4. The Morgan fingerprint density at radius 3 is 2.67 bits per heavy atom. The molecule has 2 N–H and O–H groups in total. The Balaban J connectivity index is 2.00. The Hall–Kier alpha value is -1.32. The molecule has 1 aliphatic rings. The summed E-state index contributed by atoms with van der Waals surface area (Å²) in [6, 6.07) is 2.62. The molecule has 18 heavy (non-hydrogen) atoms. The third-order valence-electron chi connectivity index (χ3n) is 3.23. The highest BCUT2D eigenvalue weighted by atomic mass is 15.1. The molecule has 100 valence electrons. The molecule has 0 bridgehead atoms. The summed E-state index contributed by atoms with van der Waals surface area (Å²) in [5, 5.41) is 6.81. The predicted octanol–water partition coefficient (Wildman–Crippen LogP) is 3.21. The minimum absolute atomic E-state index is 0.595. The highest BCUT2D eigenvalue weighted by molar-refractivity contribution is 5.43. The van der Waals surface area contributed by atoms with Gasteiger partial charge in [0.15, 0.2) is 0 Å². The summed E-state index contributed by atoms with van der Waals surface area (Å²) in [6.45, 7) is 7.29. The maximum absolute atomic E-state index is 4.54. The van der Waals surface area contributed by atoms with Crippen LogP contribution < -0.4 is 10.6 Å². The lowest BCUT2D eigenvalue weighted by Gasteiger charge is -2.14. The van der Waals surface area contributed by atoms with E-state index in [-0.39, 0.29) is 0 Å². The van der Waals surface area contributed by atoms with Crippen molar-refractivity contribution in [2.75, 3.05) is 17.2 Å². The van der Waals surface area contributed by atoms with Crippen LogP contribution in [0.5, 0.6) is 0 Å². The van der Waals surface area contributed by atoms with Gasteiger partial charge in [0.2, 0.25) is 5.95 Å². The molecule has 1 heterocycles. The Bertz CT molecular complexity index is 383. The first-order chi connectivity index (χ1) is 8.63. The zero-order chi connectivity index (χ0) is 13.0. The third kappa shape index (κ3) is 3.86. The average molecular weight is 248 g/mol. The monoisotopic (exact) mass is 248 g/mol. The van der Waals surface area contributed by atoms with Crippen LogP contribution in [0.3, 0.4) is 0 Å². The maximum Gasteiger partial charge on any atom is 0.224 e. The lowest BCUT2D eigenvalue weighted by atomic mass is 10.2. The molecule has 1 saturated carbocycles. The van der Waals surface area contributed by atoms with E-state index in [1.165, 1.54) is 25.7 Å². The summed E-state index contributed by atoms with van der Waals surface area (Å²) in [4.78, 5) is 8.95. The van der Waals surface area contributed by atoms with Crippen molar-refractivity contribution in [2.45, 2.75) is 52.5 Å². The van der Waals surface area contributed by atoms with E-state index < -0.39 is 0 Å². The van der Waals surface area contributed by atoms with Gasteiger partial charge in [-0.05, 0) is 25.7 Å². The Labute approximate surface area is 110 Å². The zero-order valence-corrected chi connectivity index (χ0v) is 11.7. The van der Waals surface area contributed by atoms with Crippen LogP contribution in [0.25, 0.3) is 0 Å². The van der Waals surface area contributed by atoms with Crippen molar-refractivity contribution in [1.29, 1.82) is 0 Å². The van der Waals surface area contributed by atoms with Gasteiger partial charge in [0, 0.05) is 24.3 Å². The second kappa shape index (κ2) is 6.03. The molecular weight excluding hydrogens is 224 g/mol. The van der Waals surface area contributed by atoms with Gasteiger partial charge in [-0.1, -0.05) is 26.7 Å².